The van der Waals surface area contributed by atoms with Crippen LogP contribution < -0.4 is 5.73 Å². The maximum atomic E-state index is 11.5. The van der Waals surface area contributed by atoms with Crippen LogP contribution in [-0.2, 0) is 21.7 Å². The molecule has 0 heterocycles. The highest BCUT2D eigenvalue weighted by atomic mass is 16.5. The lowest BCUT2D eigenvalue weighted by atomic mass is 9.92. The Morgan fingerprint density at radius 1 is 1.05 bits per heavy atom. The lowest BCUT2D eigenvalue weighted by Gasteiger charge is -2.25. The van der Waals surface area contributed by atoms with E-state index in [0.29, 0.717) is 12.2 Å². The van der Waals surface area contributed by atoms with Gasteiger partial charge in [0.05, 0.1) is 13.2 Å². The van der Waals surface area contributed by atoms with Gasteiger partial charge in [-0.3, -0.25) is 0 Å². The van der Waals surface area contributed by atoms with Gasteiger partial charge in [-0.15, -0.1) is 0 Å². The van der Waals surface area contributed by atoms with E-state index < -0.39 is 11.5 Å². The molecular weight excluding hydrogens is 254 g/mol. The predicted molar refractivity (Wildman–Crippen MR) is 76.0 cm³/mol. The molecule has 104 valence electrons. The molecule has 0 bridgehead atoms. The van der Waals surface area contributed by atoms with Gasteiger partial charge < -0.3 is 15.6 Å². The maximum Gasteiger partial charge on any atom is 0.330 e. The molecule has 20 heavy (non-hydrogen) atoms. The smallest absolute Gasteiger partial charge is 0.330 e. The second-order valence-corrected chi connectivity index (χ2v) is 4.62. The molecule has 0 spiro atoms. The molecule has 2 rings (SSSR count). The third-order valence-electron chi connectivity index (χ3n) is 3.11. The van der Waals surface area contributed by atoms with E-state index in [1.54, 1.807) is 24.3 Å². The molecule has 4 nitrogen and oxygen atoms in total. The Bertz CT molecular complexity index is 556. The number of carbonyl (C=O) groups is 1. The molecule has 1 unspecified atom stereocenters. The number of ether oxygens (including phenoxy) is 1. The molecule has 4 heteroatoms. The topological polar surface area (TPSA) is 72.5 Å². The minimum Gasteiger partial charge on any atom is -0.480 e. The average molecular weight is 271 g/mol. The molecule has 0 radical (unpaired) electrons. The molecule has 2 aromatic rings. The summed E-state index contributed by atoms with van der Waals surface area (Å²) in [5.41, 5.74) is 5.98. The number of hydrogen-bond acceptors (Lipinski definition) is 3. The fourth-order valence-corrected chi connectivity index (χ4v) is 1.91. The quantitative estimate of drug-likeness (QED) is 0.844. The third kappa shape index (κ3) is 3.23. The predicted octanol–water partition coefficient (Wildman–Crippen LogP) is 2.14. The Morgan fingerprint density at radius 3 is 2.15 bits per heavy atom. The number of hydrogen-bond donors (Lipinski definition) is 2. The largest absolute Gasteiger partial charge is 0.480 e. The van der Waals surface area contributed by atoms with Crippen LogP contribution in [0.15, 0.2) is 60.7 Å². The highest BCUT2D eigenvalue weighted by molar-refractivity contribution is 5.80. The van der Waals surface area contributed by atoms with Crippen molar-refractivity contribution in [3.05, 3.63) is 71.8 Å². The third-order valence-corrected chi connectivity index (χ3v) is 3.11. The van der Waals surface area contributed by atoms with Crippen LogP contribution in [0.25, 0.3) is 0 Å². The number of nitrogens with two attached hydrogens (primary N) is 1. The zero-order chi connectivity index (χ0) is 14.4. The van der Waals surface area contributed by atoms with Gasteiger partial charge in [-0.1, -0.05) is 60.7 Å². The summed E-state index contributed by atoms with van der Waals surface area (Å²) in [7, 11) is 0. The summed E-state index contributed by atoms with van der Waals surface area (Å²) in [5, 5.41) is 9.38. The van der Waals surface area contributed by atoms with Crippen LogP contribution >= 0.6 is 0 Å². The van der Waals surface area contributed by atoms with Crippen molar-refractivity contribution in [1.29, 1.82) is 0 Å². The number of rotatable bonds is 6. The fraction of sp³-hybridized carbons (Fsp3) is 0.188. The monoisotopic (exact) mass is 271 g/mol. The van der Waals surface area contributed by atoms with Crippen LogP contribution in [0.5, 0.6) is 0 Å². The minimum atomic E-state index is -1.53. The molecule has 0 aromatic heterocycles. The van der Waals surface area contributed by atoms with Gasteiger partial charge in [-0.2, -0.15) is 0 Å². The van der Waals surface area contributed by atoms with Crippen LogP contribution in [0.2, 0.25) is 0 Å². The molecule has 0 aliphatic carbocycles. The Labute approximate surface area is 117 Å². The normalized spacial score (nSPS) is 13.7. The molecule has 0 amide bonds. The summed E-state index contributed by atoms with van der Waals surface area (Å²) < 4.78 is 5.49. The van der Waals surface area contributed by atoms with E-state index in [4.69, 9.17) is 10.5 Å². The number of carboxylic acid groups (broad SMARTS) is 1. The van der Waals surface area contributed by atoms with Crippen molar-refractivity contribution < 1.29 is 14.6 Å². The van der Waals surface area contributed by atoms with Crippen molar-refractivity contribution >= 4 is 5.97 Å². The van der Waals surface area contributed by atoms with Gasteiger partial charge in [0.15, 0.2) is 5.54 Å². The number of aliphatic carboxylic acids is 1. The Balaban J connectivity index is 2.05. The Hall–Kier alpha value is -2.17. The van der Waals surface area contributed by atoms with Gasteiger partial charge in [-0.05, 0) is 11.1 Å². The van der Waals surface area contributed by atoms with E-state index in [1.165, 1.54) is 0 Å². The van der Waals surface area contributed by atoms with E-state index in [1.807, 2.05) is 36.4 Å². The van der Waals surface area contributed by atoms with E-state index in [0.717, 1.165) is 5.56 Å². The molecular formula is C16H17NO3. The summed E-state index contributed by atoms with van der Waals surface area (Å²) in [6.45, 7) is 0.251. The van der Waals surface area contributed by atoms with Gasteiger partial charge in [0, 0.05) is 0 Å². The molecule has 2 aromatic carbocycles. The first-order valence-corrected chi connectivity index (χ1v) is 6.32. The Kier molecular flexibility index (Phi) is 4.50. The van der Waals surface area contributed by atoms with Crippen molar-refractivity contribution in [2.75, 3.05) is 6.61 Å². The van der Waals surface area contributed by atoms with Crippen LogP contribution in [0.3, 0.4) is 0 Å². The first-order valence-electron chi connectivity index (χ1n) is 6.32. The molecule has 0 saturated carbocycles. The summed E-state index contributed by atoms with van der Waals surface area (Å²) in [5.74, 6) is -1.10. The average Bonchev–Trinajstić information content (AvgIpc) is 2.49. The molecule has 0 saturated heterocycles. The van der Waals surface area contributed by atoms with Crippen molar-refractivity contribution in [1.82, 2.24) is 0 Å². The number of carboxylic acids is 1. The highest BCUT2D eigenvalue weighted by Crippen LogP contribution is 2.19. The van der Waals surface area contributed by atoms with E-state index in [9.17, 15) is 9.90 Å². The highest BCUT2D eigenvalue weighted by Gasteiger charge is 2.36. The van der Waals surface area contributed by atoms with Crippen LogP contribution in [0, 0.1) is 0 Å². The van der Waals surface area contributed by atoms with Gasteiger partial charge in [0.25, 0.3) is 0 Å². The summed E-state index contributed by atoms with van der Waals surface area (Å²) in [6, 6.07) is 18.3. The zero-order valence-corrected chi connectivity index (χ0v) is 11.0. The van der Waals surface area contributed by atoms with Crippen LogP contribution in [-0.4, -0.2) is 17.7 Å². The molecule has 0 aliphatic rings. The maximum absolute atomic E-state index is 11.5. The van der Waals surface area contributed by atoms with Gasteiger partial charge in [-0.25, -0.2) is 4.79 Å². The van der Waals surface area contributed by atoms with Crippen molar-refractivity contribution in [2.45, 2.75) is 12.1 Å². The lowest BCUT2D eigenvalue weighted by Crippen LogP contribution is -2.48. The fourth-order valence-electron chi connectivity index (χ4n) is 1.91. The molecule has 1 atom stereocenters. The lowest BCUT2D eigenvalue weighted by molar-refractivity contribution is -0.146. The van der Waals surface area contributed by atoms with Crippen LogP contribution in [0.4, 0.5) is 0 Å². The first kappa shape index (κ1) is 14.2. The van der Waals surface area contributed by atoms with E-state index in [2.05, 4.69) is 0 Å². The zero-order valence-electron chi connectivity index (χ0n) is 11.0. The van der Waals surface area contributed by atoms with E-state index in [-0.39, 0.29) is 6.61 Å². The second kappa shape index (κ2) is 6.32. The Morgan fingerprint density at radius 2 is 1.60 bits per heavy atom. The molecule has 0 fully saturated rings. The van der Waals surface area contributed by atoms with Crippen molar-refractivity contribution in [3.8, 4) is 0 Å². The van der Waals surface area contributed by atoms with E-state index >= 15 is 0 Å². The number of benzene rings is 2. The molecule has 0 aliphatic heterocycles. The van der Waals surface area contributed by atoms with Gasteiger partial charge in [0.1, 0.15) is 0 Å². The van der Waals surface area contributed by atoms with Crippen LogP contribution in [0.1, 0.15) is 11.1 Å². The van der Waals surface area contributed by atoms with Gasteiger partial charge >= 0.3 is 5.97 Å². The van der Waals surface area contributed by atoms with Crippen molar-refractivity contribution in [2.24, 2.45) is 5.73 Å². The summed E-state index contributed by atoms with van der Waals surface area (Å²) in [4.78, 5) is 11.5. The minimum absolute atomic E-state index is 0.0821. The molecule has 3 N–H and O–H groups in total. The second-order valence-electron chi connectivity index (χ2n) is 4.62. The summed E-state index contributed by atoms with van der Waals surface area (Å²) >= 11 is 0. The standard InChI is InChI=1S/C16H17NO3/c17-16(15(18)19,14-9-5-2-6-10-14)12-20-11-13-7-3-1-4-8-13/h1-10H,11-12,17H2,(H,18,19). The van der Waals surface area contributed by atoms with Crippen molar-refractivity contribution in [3.63, 3.8) is 0 Å². The van der Waals surface area contributed by atoms with Gasteiger partial charge in [0.2, 0.25) is 0 Å². The SMILES string of the molecule is NC(COCc1ccccc1)(C(=O)O)c1ccccc1. The first-order chi connectivity index (χ1) is 9.63. The summed E-state index contributed by atoms with van der Waals surface area (Å²) in [6.07, 6.45) is 0.